The first-order valence-electron chi connectivity index (χ1n) is 6.10. The average Bonchev–Trinajstić information content (AvgIpc) is 2.36. The summed E-state index contributed by atoms with van der Waals surface area (Å²) >= 11 is 0. The Labute approximate surface area is 122 Å². The van der Waals surface area contributed by atoms with Crippen molar-refractivity contribution in [2.45, 2.75) is 32.7 Å². The molecule has 0 radical (unpaired) electrons. The molecule has 1 aromatic rings. The van der Waals surface area contributed by atoms with Crippen LogP contribution >= 0.6 is 0 Å². The number of alkyl halides is 5. The Kier molecular flexibility index (Phi) is 6.03. The Morgan fingerprint density at radius 3 is 2.50 bits per heavy atom. The summed E-state index contributed by atoms with van der Waals surface area (Å²) in [6.07, 6.45) is -8.82. The normalized spacial score (nSPS) is 11.6. The van der Waals surface area contributed by atoms with E-state index in [2.05, 4.69) is 14.5 Å². The summed E-state index contributed by atoms with van der Waals surface area (Å²) in [6.45, 7) is 1.07. The van der Waals surface area contributed by atoms with E-state index in [1.807, 2.05) is 0 Å². The first-order valence-corrected chi connectivity index (χ1v) is 6.10. The molecule has 0 atom stereocenters. The monoisotopic (exact) mass is 328 g/mol. The molecule has 1 heterocycles. The van der Waals surface area contributed by atoms with Gasteiger partial charge in [-0.1, -0.05) is 0 Å². The van der Waals surface area contributed by atoms with Gasteiger partial charge in [0.2, 0.25) is 0 Å². The van der Waals surface area contributed by atoms with Crippen molar-refractivity contribution < 1.29 is 36.2 Å². The van der Waals surface area contributed by atoms with Crippen LogP contribution in [0.25, 0.3) is 0 Å². The zero-order valence-corrected chi connectivity index (χ0v) is 11.4. The molecule has 10 heteroatoms. The van der Waals surface area contributed by atoms with Crippen LogP contribution in [0.4, 0.5) is 22.0 Å². The first-order chi connectivity index (χ1) is 10.2. The third-order valence-electron chi connectivity index (χ3n) is 2.46. The van der Waals surface area contributed by atoms with Crippen molar-refractivity contribution in [1.29, 1.82) is 0 Å². The average molecular weight is 328 g/mol. The number of rotatable bonds is 6. The summed E-state index contributed by atoms with van der Waals surface area (Å²) in [7, 11) is 0. The predicted octanol–water partition coefficient (Wildman–Crippen LogP) is 2.48. The van der Waals surface area contributed by atoms with Crippen molar-refractivity contribution in [2.75, 3.05) is 6.61 Å². The summed E-state index contributed by atoms with van der Waals surface area (Å²) in [5.41, 5.74) is 3.75. The molecular formula is C12H13F5N2O3. The van der Waals surface area contributed by atoms with Gasteiger partial charge in [0.25, 0.3) is 6.43 Å². The molecule has 1 rings (SSSR count). The van der Waals surface area contributed by atoms with E-state index in [0.29, 0.717) is 6.07 Å². The van der Waals surface area contributed by atoms with Gasteiger partial charge in [0.05, 0.1) is 18.7 Å². The van der Waals surface area contributed by atoms with Gasteiger partial charge in [-0.25, -0.2) is 8.78 Å². The zero-order valence-electron chi connectivity index (χ0n) is 11.4. The summed E-state index contributed by atoms with van der Waals surface area (Å²) in [6, 6.07) is 0.453. The van der Waals surface area contributed by atoms with Gasteiger partial charge in [0.15, 0.2) is 0 Å². The first kappa shape index (κ1) is 18.1. The van der Waals surface area contributed by atoms with Crippen molar-refractivity contribution in [2.24, 2.45) is 5.73 Å². The molecule has 1 aromatic heterocycles. The number of hydrogen-bond donors (Lipinski definition) is 1. The molecule has 0 fully saturated rings. The molecule has 2 N–H and O–H groups in total. The smallest absolute Gasteiger partial charge is 0.466 e. The quantitative estimate of drug-likeness (QED) is 0.641. The number of ether oxygens (including phenoxy) is 2. The number of pyridine rings is 1. The van der Waals surface area contributed by atoms with Crippen molar-refractivity contribution in [1.82, 2.24) is 4.98 Å². The molecule has 5 nitrogen and oxygen atoms in total. The highest BCUT2D eigenvalue weighted by atomic mass is 19.4. The molecule has 0 saturated carbocycles. The van der Waals surface area contributed by atoms with Crippen molar-refractivity contribution in [3.8, 4) is 5.75 Å². The predicted molar refractivity (Wildman–Crippen MR) is 64.1 cm³/mol. The fourth-order valence-corrected chi connectivity index (χ4v) is 1.66. The number of hydrogen-bond acceptors (Lipinski definition) is 5. The number of esters is 1. The summed E-state index contributed by atoms with van der Waals surface area (Å²) in [5, 5.41) is 0. The van der Waals surface area contributed by atoms with Crippen LogP contribution in [0.15, 0.2) is 6.07 Å². The molecule has 0 bridgehead atoms. The van der Waals surface area contributed by atoms with Crippen LogP contribution in [0.5, 0.6) is 5.75 Å². The van der Waals surface area contributed by atoms with Gasteiger partial charge >= 0.3 is 12.3 Å². The van der Waals surface area contributed by atoms with E-state index >= 15 is 0 Å². The van der Waals surface area contributed by atoms with Gasteiger partial charge < -0.3 is 15.2 Å². The van der Waals surface area contributed by atoms with E-state index in [4.69, 9.17) is 5.73 Å². The lowest BCUT2D eigenvalue weighted by atomic mass is 10.1. The SMILES string of the molecule is CCOC(=O)Cc1nc(C(F)F)cc(OC(F)(F)F)c1CN. The Morgan fingerprint density at radius 1 is 1.41 bits per heavy atom. The molecule has 0 unspecified atom stereocenters. The van der Waals surface area contributed by atoms with E-state index in [1.54, 1.807) is 0 Å². The minimum atomic E-state index is -5.09. The van der Waals surface area contributed by atoms with Crippen LogP contribution in [0, 0.1) is 0 Å². The topological polar surface area (TPSA) is 74.4 Å². The highest BCUT2D eigenvalue weighted by Crippen LogP contribution is 2.31. The summed E-state index contributed by atoms with van der Waals surface area (Å²) < 4.78 is 70.8. The van der Waals surface area contributed by atoms with Crippen molar-refractivity contribution >= 4 is 5.97 Å². The van der Waals surface area contributed by atoms with Crippen LogP contribution in [0.1, 0.15) is 30.3 Å². The maximum Gasteiger partial charge on any atom is 0.573 e. The number of nitrogens with two attached hydrogens (primary N) is 1. The molecule has 0 spiro atoms. The maximum absolute atomic E-state index is 12.7. The lowest BCUT2D eigenvalue weighted by Crippen LogP contribution is -2.21. The number of carbonyl (C=O) groups excluding carboxylic acids is 1. The second-order valence-corrected chi connectivity index (χ2v) is 4.00. The fraction of sp³-hybridized carbons (Fsp3) is 0.500. The number of carbonyl (C=O) groups is 1. The molecular weight excluding hydrogens is 315 g/mol. The Balaban J connectivity index is 3.30. The van der Waals surface area contributed by atoms with Gasteiger partial charge in [-0.2, -0.15) is 0 Å². The highest BCUT2D eigenvalue weighted by molar-refractivity contribution is 5.72. The van der Waals surface area contributed by atoms with Crippen molar-refractivity contribution in [3.05, 3.63) is 23.0 Å². The van der Waals surface area contributed by atoms with Gasteiger partial charge in [-0.05, 0) is 6.92 Å². The van der Waals surface area contributed by atoms with Crippen LogP contribution in [0.3, 0.4) is 0 Å². The summed E-state index contributed by atoms with van der Waals surface area (Å²) in [5.74, 6) is -1.73. The molecule has 124 valence electrons. The number of nitrogens with zero attached hydrogens (tertiary/aromatic N) is 1. The second kappa shape index (κ2) is 7.34. The minimum absolute atomic E-state index is 0.0250. The lowest BCUT2D eigenvalue weighted by Gasteiger charge is -2.16. The number of halogens is 5. The van der Waals surface area contributed by atoms with E-state index in [-0.39, 0.29) is 17.9 Å². The maximum atomic E-state index is 12.7. The molecule has 0 aliphatic heterocycles. The fourth-order valence-electron chi connectivity index (χ4n) is 1.66. The van der Waals surface area contributed by atoms with Crippen LogP contribution in [-0.2, 0) is 22.5 Å². The third kappa shape index (κ3) is 5.10. The zero-order chi connectivity index (χ0) is 16.9. The number of aromatic nitrogens is 1. The molecule has 0 amide bonds. The van der Waals surface area contributed by atoms with Gasteiger partial charge in [-0.3, -0.25) is 9.78 Å². The van der Waals surface area contributed by atoms with Gasteiger partial charge in [0, 0.05) is 18.2 Å². The van der Waals surface area contributed by atoms with Gasteiger partial charge in [0.1, 0.15) is 11.4 Å². The van der Waals surface area contributed by atoms with Crippen LogP contribution in [0.2, 0.25) is 0 Å². The molecule has 0 aliphatic rings. The molecule has 22 heavy (non-hydrogen) atoms. The van der Waals surface area contributed by atoms with Crippen LogP contribution in [-0.4, -0.2) is 23.9 Å². The standard InChI is InChI=1S/C12H13F5N2O3/c1-2-21-10(20)4-7-6(5-18)9(22-12(15,16)17)3-8(19-7)11(13)14/h3,11H,2,4-5,18H2,1H3. The molecule has 0 saturated heterocycles. The minimum Gasteiger partial charge on any atom is -0.466 e. The molecule has 0 aliphatic carbocycles. The molecule has 0 aromatic carbocycles. The van der Waals surface area contributed by atoms with E-state index in [9.17, 15) is 26.7 Å². The van der Waals surface area contributed by atoms with E-state index in [1.165, 1.54) is 6.92 Å². The van der Waals surface area contributed by atoms with E-state index < -0.39 is 43.2 Å². The van der Waals surface area contributed by atoms with E-state index in [0.717, 1.165) is 0 Å². The van der Waals surface area contributed by atoms with Crippen LogP contribution < -0.4 is 10.5 Å². The second-order valence-electron chi connectivity index (χ2n) is 4.00. The van der Waals surface area contributed by atoms with Gasteiger partial charge in [-0.15, -0.1) is 13.2 Å². The van der Waals surface area contributed by atoms with Crippen molar-refractivity contribution in [3.63, 3.8) is 0 Å². The summed E-state index contributed by atoms with van der Waals surface area (Å²) in [4.78, 5) is 14.9. The highest BCUT2D eigenvalue weighted by Gasteiger charge is 2.33. The largest absolute Gasteiger partial charge is 0.573 e. The third-order valence-corrected chi connectivity index (χ3v) is 2.46. The Hall–Kier alpha value is -1.97. The lowest BCUT2D eigenvalue weighted by molar-refractivity contribution is -0.275. The Morgan fingerprint density at radius 2 is 2.05 bits per heavy atom. The Bertz CT molecular complexity index is 534.